The second-order valence-corrected chi connectivity index (χ2v) is 9.62. The topological polar surface area (TPSA) is 105 Å². The Kier molecular flexibility index (Phi) is 18.2. The zero-order chi connectivity index (χ0) is 29.8. The summed E-state index contributed by atoms with van der Waals surface area (Å²) >= 11 is 0. The molecule has 0 aliphatic heterocycles. The first kappa shape index (κ1) is 35.8. The molecule has 0 unspecified atom stereocenters. The molecular weight excluding hydrogens is 533 g/mol. The second kappa shape index (κ2) is 19.8. The minimum Gasteiger partial charge on any atom is -0.466 e. The van der Waals surface area contributed by atoms with Crippen LogP contribution in [-0.4, -0.2) is 50.3 Å². The van der Waals surface area contributed by atoms with E-state index in [2.05, 4.69) is 4.74 Å². The largest absolute Gasteiger partial charge is 0.466 e. The van der Waals surface area contributed by atoms with Gasteiger partial charge in [0.05, 0.1) is 26.4 Å². The van der Waals surface area contributed by atoms with E-state index in [0.29, 0.717) is 23.3 Å². The summed E-state index contributed by atoms with van der Waals surface area (Å²) in [6, 6.07) is 11.7. The number of benzene rings is 2. The maximum Gasteiger partial charge on any atom is 0.341 e. The monoisotopic (exact) mass is 570 g/mol. The first-order valence-electron chi connectivity index (χ1n) is 12.3. The number of halogens is 2. The van der Waals surface area contributed by atoms with Crippen LogP contribution in [0.2, 0.25) is 0 Å². The summed E-state index contributed by atoms with van der Waals surface area (Å²) in [5.41, 5.74) is 1.79. The molecule has 0 heterocycles. The van der Waals surface area contributed by atoms with Crippen molar-refractivity contribution in [2.45, 2.75) is 41.5 Å². The summed E-state index contributed by atoms with van der Waals surface area (Å²) < 4.78 is 56.3. The van der Waals surface area contributed by atoms with E-state index in [1.165, 1.54) is 43.3 Å². The lowest BCUT2D eigenvalue weighted by Gasteiger charge is -2.15. The second-order valence-electron chi connectivity index (χ2n) is 7.57. The van der Waals surface area contributed by atoms with Crippen molar-refractivity contribution >= 4 is 30.9 Å². The van der Waals surface area contributed by atoms with Crippen molar-refractivity contribution in [3.8, 4) is 0 Å². The van der Waals surface area contributed by atoms with Gasteiger partial charge in [-0.25, -0.2) is 13.6 Å². The fourth-order valence-corrected chi connectivity index (χ4v) is 4.22. The van der Waals surface area contributed by atoms with Crippen molar-refractivity contribution in [1.29, 1.82) is 0 Å². The molecule has 11 heteroatoms. The molecular formula is C28H37F2O8P. The molecule has 2 aromatic rings. The zero-order valence-electron chi connectivity index (χ0n) is 23.2. The van der Waals surface area contributed by atoms with Crippen LogP contribution in [0.1, 0.15) is 57.5 Å². The molecule has 0 atom stereocenters. The fourth-order valence-electron chi connectivity index (χ4n) is 2.77. The van der Waals surface area contributed by atoms with Gasteiger partial charge in [-0.1, -0.05) is 24.3 Å². The van der Waals surface area contributed by atoms with E-state index in [1.807, 2.05) is 0 Å². The van der Waals surface area contributed by atoms with Crippen molar-refractivity contribution in [2.24, 2.45) is 0 Å². The number of Topliss-reactive ketones (excluding diaryl/α,β-unsaturated/α-hetero) is 1. The van der Waals surface area contributed by atoms with Crippen LogP contribution in [0.4, 0.5) is 8.78 Å². The van der Waals surface area contributed by atoms with Gasteiger partial charge in [0.15, 0.2) is 5.78 Å². The van der Waals surface area contributed by atoms with E-state index < -0.39 is 19.5 Å². The van der Waals surface area contributed by atoms with E-state index in [4.69, 9.17) is 13.8 Å². The van der Waals surface area contributed by atoms with Crippen molar-refractivity contribution in [2.75, 3.05) is 32.6 Å². The highest BCUT2D eigenvalue weighted by Gasteiger charge is 2.28. The van der Waals surface area contributed by atoms with Crippen LogP contribution in [0.3, 0.4) is 0 Å². The van der Waals surface area contributed by atoms with Gasteiger partial charge < -0.3 is 18.5 Å². The summed E-state index contributed by atoms with van der Waals surface area (Å²) in [6.45, 7) is 11.1. The van der Waals surface area contributed by atoms with Gasteiger partial charge in [0.1, 0.15) is 17.8 Å². The highest BCUT2D eigenvalue weighted by Crippen LogP contribution is 2.47. The lowest BCUT2D eigenvalue weighted by Crippen LogP contribution is -2.12. The molecule has 8 nitrogen and oxygen atoms in total. The standard InChI is InChI=1S/C12H13FO2.C8H7FO.C8H17O5P/c1-3-15-12(14)7-9(2)10-5-4-6-11(13)8-10;1-6(10)7-3-2-4-8(9)5-7;1-4-11-8(9)7-14(10,12-5-2)13-6-3/h4-8H,3H2,1-2H3;2-5H,1H3;4-7H2,1-3H3/b9-7+;;. The van der Waals surface area contributed by atoms with Crippen LogP contribution >= 0.6 is 7.60 Å². The molecule has 0 aliphatic carbocycles. The molecule has 0 spiro atoms. The van der Waals surface area contributed by atoms with E-state index in [0.717, 1.165) is 0 Å². The van der Waals surface area contributed by atoms with Gasteiger partial charge in [0, 0.05) is 11.6 Å². The van der Waals surface area contributed by atoms with Crippen LogP contribution in [0.25, 0.3) is 5.57 Å². The number of ether oxygens (including phenoxy) is 2. The van der Waals surface area contributed by atoms with Gasteiger partial charge in [-0.2, -0.15) is 0 Å². The van der Waals surface area contributed by atoms with Crippen molar-refractivity contribution in [1.82, 2.24) is 0 Å². The minimum atomic E-state index is -3.28. The Morgan fingerprint density at radius 1 is 0.769 bits per heavy atom. The van der Waals surface area contributed by atoms with Gasteiger partial charge in [0.2, 0.25) is 0 Å². The maximum atomic E-state index is 12.9. The molecule has 216 valence electrons. The van der Waals surface area contributed by atoms with Gasteiger partial charge >= 0.3 is 19.5 Å². The Morgan fingerprint density at radius 2 is 1.26 bits per heavy atom. The Hall–Kier alpha value is -3.20. The molecule has 0 saturated heterocycles. The quantitative estimate of drug-likeness (QED) is 0.128. The minimum absolute atomic E-state index is 0.112. The normalized spacial score (nSPS) is 10.8. The van der Waals surface area contributed by atoms with E-state index in [9.17, 15) is 27.7 Å². The number of esters is 2. The highest BCUT2D eigenvalue weighted by molar-refractivity contribution is 7.54. The average molecular weight is 571 g/mol. The average Bonchev–Trinajstić information content (AvgIpc) is 2.85. The predicted octanol–water partition coefficient (Wildman–Crippen LogP) is 6.64. The number of carbonyl (C=O) groups excluding carboxylic acids is 3. The Bertz CT molecular complexity index is 1120. The molecule has 0 saturated carbocycles. The number of allylic oxidation sites excluding steroid dienone is 1. The number of ketones is 1. The van der Waals surface area contributed by atoms with Crippen LogP contribution in [-0.2, 0) is 32.7 Å². The first-order valence-corrected chi connectivity index (χ1v) is 14.0. The first-order chi connectivity index (χ1) is 18.4. The summed E-state index contributed by atoms with van der Waals surface area (Å²) in [7, 11) is -3.28. The van der Waals surface area contributed by atoms with Gasteiger partial charge in [-0.3, -0.25) is 14.2 Å². The van der Waals surface area contributed by atoms with E-state index >= 15 is 0 Å². The van der Waals surface area contributed by atoms with Crippen LogP contribution in [0, 0.1) is 11.6 Å². The molecule has 0 fully saturated rings. The Balaban J connectivity index is 0.000000566. The summed E-state index contributed by atoms with van der Waals surface area (Å²) in [5, 5.41) is 0. The fraction of sp³-hybridized carbons (Fsp3) is 0.393. The van der Waals surface area contributed by atoms with Crippen molar-refractivity contribution < 1.29 is 46.3 Å². The van der Waals surface area contributed by atoms with Gasteiger partial charge in [0.25, 0.3) is 0 Å². The summed E-state index contributed by atoms with van der Waals surface area (Å²) in [6.07, 6.45) is 1.04. The third-order valence-electron chi connectivity index (χ3n) is 4.41. The van der Waals surface area contributed by atoms with E-state index in [1.54, 1.807) is 52.8 Å². The molecule has 0 aromatic heterocycles. The SMILES string of the molecule is CC(=O)c1cccc(F)c1.CCOC(=O)/C=C(\C)c1cccc(F)c1.CCOC(=O)CP(=O)(OCC)OCC. The van der Waals surface area contributed by atoms with Crippen LogP contribution in [0.5, 0.6) is 0 Å². The highest BCUT2D eigenvalue weighted by atomic mass is 31.2. The van der Waals surface area contributed by atoms with Gasteiger partial charge in [-0.15, -0.1) is 0 Å². The predicted molar refractivity (Wildman–Crippen MR) is 145 cm³/mol. The number of carbonyl (C=O) groups is 3. The van der Waals surface area contributed by atoms with Gasteiger partial charge in [-0.05, 0) is 76.9 Å². The molecule has 0 amide bonds. The third kappa shape index (κ3) is 16.4. The molecule has 0 bridgehead atoms. The van der Waals surface area contributed by atoms with E-state index in [-0.39, 0.29) is 43.4 Å². The molecule has 0 aliphatic rings. The molecule has 39 heavy (non-hydrogen) atoms. The smallest absolute Gasteiger partial charge is 0.341 e. The number of hydrogen-bond donors (Lipinski definition) is 0. The van der Waals surface area contributed by atoms with Crippen molar-refractivity contribution in [3.63, 3.8) is 0 Å². The lowest BCUT2D eigenvalue weighted by atomic mass is 10.1. The van der Waals surface area contributed by atoms with Crippen LogP contribution < -0.4 is 0 Å². The summed E-state index contributed by atoms with van der Waals surface area (Å²) in [4.78, 5) is 32.8. The van der Waals surface area contributed by atoms with Crippen LogP contribution in [0.15, 0.2) is 54.6 Å². The molecule has 0 radical (unpaired) electrons. The molecule has 2 aromatic carbocycles. The maximum absolute atomic E-state index is 12.9. The lowest BCUT2D eigenvalue weighted by molar-refractivity contribution is -0.140. The Morgan fingerprint density at radius 3 is 1.67 bits per heavy atom. The molecule has 2 rings (SSSR count). The Labute approximate surface area is 228 Å². The summed E-state index contributed by atoms with van der Waals surface area (Å²) in [5.74, 6) is -1.76. The zero-order valence-corrected chi connectivity index (χ0v) is 24.1. The number of hydrogen-bond acceptors (Lipinski definition) is 8. The third-order valence-corrected chi connectivity index (χ3v) is 6.36. The molecule has 0 N–H and O–H groups in total. The van der Waals surface area contributed by atoms with Crippen molar-refractivity contribution in [3.05, 3.63) is 77.4 Å². The number of rotatable bonds is 11.